The highest BCUT2D eigenvalue weighted by atomic mass is 32.2. The summed E-state index contributed by atoms with van der Waals surface area (Å²) in [4.78, 5) is 16.7. The number of aromatic nitrogens is 1. The van der Waals surface area contributed by atoms with Crippen molar-refractivity contribution in [3.63, 3.8) is 0 Å². The van der Waals surface area contributed by atoms with Crippen LogP contribution in [0.4, 0.5) is 0 Å². The normalized spacial score (nSPS) is 19.6. The first kappa shape index (κ1) is 16.9. The molecule has 1 atom stereocenters. The van der Waals surface area contributed by atoms with Crippen LogP contribution >= 0.6 is 0 Å². The Bertz CT molecular complexity index is 859. The number of hydrogen-bond acceptors (Lipinski definition) is 4. The van der Waals surface area contributed by atoms with Gasteiger partial charge < -0.3 is 5.32 Å². The molecule has 128 valence electrons. The number of hydrogen-bond donors (Lipinski definition) is 1. The van der Waals surface area contributed by atoms with Gasteiger partial charge in [-0.2, -0.15) is 4.31 Å². The number of pyridine rings is 1. The molecule has 1 aliphatic heterocycles. The van der Waals surface area contributed by atoms with Gasteiger partial charge in [-0.1, -0.05) is 19.9 Å². The molecule has 0 spiro atoms. The highest BCUT2D eigenvalue weighted by molar-refractivity contribution is 7.89. The molecule has 0 saturated carbocycles. The smallest absolute Gasteiger partial charge is 0.244 e. The number of carbonyl (C=O) groups excluding carboxylic acids is 1. The van der Waals surface area contributed by atoms with Crippen molar-refractivity contribution in [2.75, 3.05) is 13.1 Å². The lowest BCUT2D eigenvalue weighted by Crippen LogP contribution is -2.57. The predicted molar refractivity (Wildman–Crippen MR) is 91.9 cm³/mol. The molecule has 1 saturated heterocycles. The van der Waals surface area contributed by atoms with Gasteiger partial charge in [0.25, 0.3) is 0 Å². The summed E-state index contributed by atoms with van der Waals surface area (Å²) in [7, 11) is -3.78. The molecule has 3 rings (SSSR count). The highest BCUT2D eigenvalue weighted by Crippen LogP contribution is 2.28. The summed E-state index contributed by atoms with van der Waals surface area (Å²) in [6, 6.07) is 7.84. The average Bonchev–Trinajstić information content (AvgIpc) is 2.55. The zero-order valence-electron chi connectivity index (χ0n) is 13.8. The van der Waals surface area contributed by atoms with Gasteiger partial charge in [-0.3, -0.25) is 9.78 Å². The van der Waals surface area contributed by atoms with E-state index in [1.165, 1.54) is 4.31 Å². The number of rotatable bonds is 4. The van der Waals surface area contributed by atoms with Gasteiger partial charge in [0.15, 0.2) is 0 Å². The van der Waals surface area contributed by atoms with Crippen LogP contribution < -0.4 is 5.32 Å². The van der Waals surface area contributed by atoms with E-state index in [-0.39, 0.29) is 23.3 Å². The Morgan fingerprint density at radius 1 is 1.29 bits per heavy atom. The third kappa shape index (κ3) is 3.01. The van der Waals surface area contributed by atoms with E-state index in [4.69, 9.17) is 0 Å². The molecule has 1 amide bonds. The minimum Gasteiger partial charge on any atom is -0.353 e. The Labute approximate surface area is 141 Å². The molecule has 1 aliphatic rings. The number of nitrogens with one attached hydrogen (secondary N) is 1. The summed E-state index contributed by atoms with van der Waals surface area (Å²) >= 11 is 0. The summed E-state index contributed by atoms with van der Waals surface area (Å²) in [6.45, 7) is 4.57. The molecule has 0 bridgehead atoms. The van der Waals surface area contributed by atoms with E-state index in [2.05, 4.69) is 10.3 Å². The minimum atomic E-state index is -3.78. The lowest BCUT2D eigenvalue weighted by Gasteiger charge is -2.35. The Hall–Kier alpha value is -1.99. The molecular formula is C17H21N3O3S. The third-order valence-electron chi connectivity index (χ3n) is 4.17. The Morgan fingerprint density at radius 3 is 2.83 bits per heavy atom. The van der Waals surface area contributed by atoms with Crippen LogP contribution in [-0.2, 0) is 14.8 Å². The predicted octanol–water partition coefficient (Wildman–Crippen LogP) is 1.77. The lowest BCUT2D eigenvalue weighted by molar-refractivity contribution is -0.127. The van der Waals surface area contributed by atoms with Crippen molar-refractivity contribution in [2.24, 2.45) is 5.92 Å². The van der Waals surface area contributed by atoms with Crippen molar-refractivity contribution in [3.8, 4) is 0 Å². The topological polar surface area (TPSA) is 79.4 Å². The Kier molecular flexibility index (Phi) is 4.56. The fourth-order valence-electron chi connectivity index (χ4n) is 3.08. The first-order valence-corrected chi connectivity index (χ1v) is 9.48. The first-order valence-electron chi connectivity index (χ1n) is 8.04. The largest absolute Gasteiger partial charge is 0.353 e. The second kappa shape index (κ2) is 6.49. The zero-order valence-corrected chi connectivity index (χ0v) is 14.6. The number of sulfonamides is 1. The van der Waals surface area contributed by atoms with Gasteiger partial charge in [-0.15, -0.1) is 0 Å². The van der Waals surface area contributed by atoms with Crippen LogP contribution in [0.3, 0.4) is 0 Å². The maximum atomic E-state index is 13.3. The van der Waals surface area contributed by atoms with E-state index in [1.807, 2.05) is 13.8 Å². The molecular weight excluding hydrogens is 326 g/mol. The van der Waals surface area contributed by atoms with Gasteiger partial charge in [0.2, 0.25) is 15.9 Å². The van der Waals surface area contributed by atoms with E-state index in [0.717, 1.165) is 0 Å². The van der Waals surface area contributed by atoms with E-state index in [1.54, 1.807) is 36.5 Å². The minimum absolute atomic E-state index is 0.205. The molecule has 1 fully saturated rings. The van der Waals surface area contributed by atoms with Gasteiger partial charge in [0.1, 0.15) is 6.04 Å². The number of amides is 1. The molecule has 2 heterocycles. The second-order valence-electron chi connectivity index (χ2n) is 6.38. The Balaban J connectivity index is 2.09. The lowest BCUT2D eigenvalue weighted by atomic mass is 10.0. The van der Waals surface area contributed by atoms with Gasteiger partial charge in [-0.05, 0) is 36.6 Å². The van der Waals surface area contributed by atoms with Crippen LogP contribution in [0.25, 0.3) is 10.9 Å². The summed E-state index contributed by atoms with van der Waals surface area (Å²) in [6.07, 6.45) is 2.13. The van der Waals surface area contributed by atoms with Gasteiger partial charge in [0, 0.05) is 24.7 Å². The van der Waals surface area contributed by atoms with E-state index in [9.17, 15) is 13.2 Å². The van der Waals surface area contributed by atoms with Crippen molar-refractivity contribution >= 4 is 26.8 Å². The molecule has 1 N–H and O–H groups in total. The van der Waals surface area contributed by atoms with Crippen molar-refractivity contribution in [3.05, 3.63) is 36.5 Å². The number of piperazine rings is 1. The third-order valence-corrected chi connectivity index (χ3v) is 6.14. The number of benzene rings is 1. The summed E-state index contributed by atoms with van der Waals surface area (Å²) in [5, 5.41) is 3.35. The fourth-order valence-corrected chi connectivity index (χ4v) is 4.88. The molecule has 2 aromatic rings. The molecule has 0 radical (unpaired) electrons. The van der Waals surface area contributed by atoms with Gasteiger partial charge in [-0.25, -0.2) is 8.42 Å². The maximum Gasteiger partial charge on any atom is 0.244 e. The molecule has 24 heavy (non-hydrogen) atoms. The highest BCUT2D eigenvalue weighted by Gasteiger charge is 2.39. The van der Waals surface area contributed by atoms with Crippen molar-refractivity contribution in [2.45, 2.75) is 31.2 Å². The second-order valence-corrected chi connectivity index (χ2v) is 8.24. The van der Waals surface area contributed by atoms with Crippen LogP contribution in [0.5, 0.6) is 0 Å². The van der Waals surface area contributed by atoms with E-state index in [0.29, 0.717) is 23.9 Å². The molecule has 7 heteroatoms. The van der Waals surface area contributed by atoms with Crippen LogP contribution in [0, 0.1) is 5.92 Å². The number of nitrogens with zero attached hydrogens (tertiary/aromatic N) is 2. The van der Waals surface area contributed by atoms with Gasteiger partial charge >= 0.3 is 0 Å². The van der Waals surface area contributed by atoms with Crippen LogP contribution in [0.2, 0.25) is 0 Å². The van der Waals surface area contributed by atoms with Gasteiger partial charge in [0.05, 0.1) is 10.4 Å². The van der Waals surface area contributed by atoms with E-state index < -0.39 is 16.1 Å². The SMILES string of the molecule is CC(C)CC1C(=O)NCCN1S(=O)(=O)c1cccc2ncccc12. The molecule has 1 aromatic heterocycles. The summed E-state index contributed by atoms with van der Waals surface area (Å²) < 4.78 is 27.9. The zero-order chi connectivity index (χ0) is 17.3. The molecule has 6 nitrogen and oxygen atoms in total. The average molecular weight is 347 g/mol. The standard InChI is InChI=1S/C17H21N3O3S/c1-12(2)11-15-17(21)19-9-10-20(15)24(22,23)16-7-3-6-14-13(16)5-4-8-18-14/h3-8,12,15H,9-11H2,1-2H3,(H,19,21). The van der Waals surface area contributed by atoms with Crippen LogP contribution in [0.15, 0.2) is 41.4 Å². The summed E-state index contributed by atoms with van der Waals surface area (Å²) in [5.74, 6) is -0.0115. The van der Waals surface area contributed by atoms with Crippen molar-refractivity contribution < 1.29 is 13.2 Å². The van der Waals surface area contributed by atoms with Crippen molar-refractivity contribution in [1.29, 1.82) is 0 Å². The summed E-state index contributed by atoms with van der Waals surface area (Å²) in [5.41, 5.74) is 0.625. The molecule has 1 aromatic carbocycles. The monoisotopic (exact) mass is 347 g/mol. The quantitative estimate of drug-likeness (QED) is 0.914. The number of fused-ring (bicyclic) bond motifs is 1. The van der Waals surface area contributed by atoms with Crippen LogP contribution in [0.1, 0.15) is 20.3 Å². The van der Waals surface area contributed by atoms with Crippen molar-refractivity contribution in [1.82, 2.24) is 14.6 Å². The van der Waals surface area contributed by atoms with Crippen LogP contribution in [-0.4, -0.2) is 42.7 Å². The first-order chi connectivity index (χ1) is 11.4. The maximum absolute atomic E-state index is 13.3. The fraction of sp³-hybridized carbons (Fsp3) is 0.412. The Morgan fingerprint density at radius 2 is 2.08 bits per heavy atom. The number of carbonyl (C=O) groups is 1. The van der Waals surface area contributed by atoms with E-state index >= 15 is 0 Å². The molecule has 0 aliphatic carbocycles. The molecule has 1 unspecified atom stereocenters.